The van der Waals surface area contributed by atoms with Crippen LogP contribution in [0, 0.1) is 0 Å². The van der Waals surface area contributed by atoms with E-state index >= 15 is 0 Å². The molecule has 0 spiro atoms. The van der Waals surface area contributed by atoms with Crippen LogP contribution < -0.4 is 11.5 Å². The standard InChI is InChI=1S/C10H17N3O/c11-6-7-5-9(14)13(10(7)12)8-3-1-2-4-8/h8H,1-6,11-12H2. The Balaban J connectivity index is 2.17. The van der Waals surface area contributed by atoms with E-state index in [9.17, 15) is 4.79 Å². The summed E-state index contributed by atoms with van der Waals surface area (Å²) in [5.41, 5.74) is 12.3. The highest BCUT2D eigenvalue weighted by Crippen LogP contribution is 2.30. The molecule has 4 N–H and O–H groups in total. The summed E-state index contributed by atoms with van der Waals surface area (Å²) < 4.78 is 0. The number of hydrogen-bond donors (Lipinski definition) is 2. The second-order valence-corrected chi connectivity index (χ2v) is 4.07. The molecule has 1 aliphatic carbocycles. The van der Waals surface area contributed by atoms with Gasteiger partial charge in [0.1, 0.15) is 5.82 Å². The lowest BCUT2D eigenvalue weighted by atomic mass is 10.2. The summed E-state index contributed by atoms with van der Waals surface area (Å²) in [6.07, 6.45) is 5.02. The third kappa shape index (κ3) is 1.39. The van der Waals surface area contributed by atoms with Crippen molar-refractivity contribution >= 4 is 5.91 Å². The summed E-state index contributed by atoms with van der Waals surface area (Å²) >= 11 is 0. The highest BCUT2D eigenvalue weighted by atomic mass is 16.2. The van der Waals surface area contributed by atoms with Crippen LogP contribution >= 0.6 is 0 Å². The van der Waals surface area contributed by atoms with E-state index in [1.165, 1.54) is 12.8 Å². The lowest BCUT2D eigenvalue weighted by molar-refractivity contribution is -0.128. The van der Waals surface area contributed by atoms with Gasteiger partial charge in [0.2, 0.25) is 5.91 Å². The molecule has 0 saturated heterocycles. The largest absolute Gasteiger partial charge is 0.385 e. The second kappa shape index (κ2) is 3.61. The molecule has 0 bridgehead atoms. The molecule has 0 aromatic rings. The molecule has 2 aliphatic rings. The van der Waals surface area contributed by atoms with Crippen LogP contribution in [0.3, 0.4) is 0 Å². The van der Waals surface area contributed by atoms with Crippen LogP contribution in [0.2, 0.25) is 0 Å². The quantitative estimate of drug-likeness (QED) is 0.665. The average molecular weight is 195 g/mol. The Morgan fingerprint density at radius 2 is 2.00 bits per heavy atom. The molecule has 0 radical (unpaired) electrons. The van der Waals surface area contributed by atoms with Crippen LogP contribution in [0.4, 0.5) is 0 Å². The second-order valence-electron chi connectivity index (χ2n) is 4.07. The molecule has 0 aromatic carbocycles. The van der Waals surface area contributed by atoms with E-state index in [0.29, 0.717) is 24.8 Å². The minimum absolute atomic E-state index is 0.134. The van der Waals surface area contributed by atoms with Gasteiger partial charge in [-0.05, 0) is 18.4 Å². The van der Waals surface area contributed by atoms with E-state index in [4.69, 9.17) is 11.5 Å². The lowest BCUT2D eigenvalue weighted by Crippen LogP contribution is -2.37. The van der Waals surface area contributed by atoms with E-state index in [-0.39, 0.29) is 5.91 Å². The molecule has 1 fully saturated rings. The van der Waals surface area contributed by atoms with Gasteiger partial charge in [-0.2, -0.15) is 0 Å². The molecular formula is C10H17N3O. The maximum absolute atomic E-state index is 11.7. The predicted octanol–water partition coefficient (Wildman–Crippen LogP) is 0.290. The third-order valence-corrected chi connectivity index (χ3v) is 3.19. The maximum atomic E-state index is 11.7. The Morgan fingerprint density at radius 3 is 2.50 bits per heavy atom. The molecule has 14 heavy (non-hydrogen) atoms. The Labute approximate surface area is 83.9 Å². The lowest BCUT2D eigenvalue weighted by Gasteiger charge is -2.24. The summed E-state index contributed by atoms with van der Waals surface area (Å²) in [4.78, 5) is 13.5. The van der Waals surface area contributed by atoms with Crippen LogP contribution in [-0.2, 0) is 4.79 Å². The van der Waals surface area contributed by atoms with Crippen LogP contribution in [0.25, 0.3) is 0 Å². The summed E-state index contributed by atoms with van der Waals surface area (Å²) in [5, 5.41) is 0. The number of nitrogens with two attached hydrogens (primary N) is 2. The zero-order chi connectivity index (χ0) is 10.1. The molecule has 0 aromatic heterocycles. The van der Waals surface area contributed by atoms with E-state index < -0.39 is 0 Å². The van der Waals surface area contributed by atoms with Gasteiger partial charge < -0.3 is 11.5 Å². The molecule has 0 atom stereocenters. The van der Waals surface area contributed by atoms with Gasteiger partial charge in [0.25, 0.3) is 0 Å². The van der Waals surface area contributed by atoms with Gasteiger partial charge in [-0.3, -0.25) is 9.69 Å². The number of rotatable bonds is 2. The Kier molecular flexibility index (Phi) is 2.46. The maximum Gasteiger partial charge on any atom is 0.232 e. The van der Waals surface area contributed by atoms with Gasteiger partial charge in [0.15, 0.2) is 0 Å². The van der Waals surface area contributed by atoms with Crippen molar-refractivity contribution in [2.45, 2.75) is 38.1 Å². The fourth-order valence-corrected chi connectivity index (χ4v) is 2.40. The van der Waals surface area contributed by atoms with Crippen molar-refractivity contribution in [1.82, 2.24) is 4.90 Å². The summed E-state index contributed by atoms with van der Waals surface area (Å²) in [5.74, 6) is 0.763. The first kappa shape index (κ1) is 9.52. The molecule has 78 valence electrons. The van der Waals surface area contributed by atoms with Crippen molar-refractivity contribution in [3.63, 3.8) is 0 Å². The van der Waals surface area contributed by atoms with E-state index in [1.54, 1.807) is 4.90 Å². The van der Waals surface area contributed by atoms with Gasteiger partial charge in [-0.25, -0.2) is 0 Å². The summed E-state index contributed by atoms with van der Waals surface area (Å²) in [6, 6.07) is 0.339. The zero-order valence-electron chi connectivity index (χ0n) is 8.33. The smallest absolute Gasteiger partial charge is 0.232 e. The highest BCUT2D eigenvalue weighted by Gasteiger charge is 2.34. The van der Waals surface area contributed by atoms with E-state index in [1.807, 2.05) is 0 Å². The van der Waals surface area contributed by atoms with E-state index in [0.717, 1.165) is 18.4 Å². The molecule has 1 amide bonds. The first-order chi connectivity index (χ1) is 6.74. The summed E-state index contributed by atoms with van der Waals surface area (Å²) in [7, 11) is 0. The highest BCUT2D eigenvalue weighted by molar-refractivity contribution is 5.84. The normalized spacial score (nSPS) is 24.1. The Bertz CT molecular complexity index is 279. The van der Waals surface area contributed by atoms with Gasteiger partial charge in [-0.1, -0.05) is 12.8 Å². The molecule has 1 saturated carbocycles. The van der Waals surface area contributed by atoms with Gasteiger partial charge in [0.05, 0.1) is 6.42 Å². The molecular weight excluding hydrogens is 178 g/mol. The van der Waals surface area contributed by atoms with E-state index in [2.05, 4.69) is 0 Å². The number of nitrogens with zero attached hydrogens (tertiary/aromatic N) is 1. The van der Waals surface area contributed by atoms with Crippen molar-refractivity contribution in [3.05, 3.63) is 11.4 Å². The summed E-state index contributed by atoms with van der Waals surface area (Å²) in [6.45, 7) is 0.404. The Morgan fingerprint density at radius 1 is 1.36 bits per heavy atom. The monoisotopic (exact) mass is 195 g/mol. The van der Waals surface area contributed by atoms with Crippen LogP contribution in [-0.4, -0.2) is 23.4 Å². The molecule has 1 aliphatic heterocycles. The van der Waals surface area contributed by atoms with Crippen LogP contribution in [0.1, 0.15) is 32.1 Å². The molecule has 4 nitrogen and oxygen atoms in total. The first-order valence-corrected chi connectivity index (χ1v) is 5.23. The van der Waals surface area contributed by atoms with Crippen LogP contribution in [0.5, 0.6) is 0 Å². The fourth-order valence-electron chi connectivity index (χ4n) is 2.40. The fraction of sp³-hybridized carbons (Fsp3) is 0.700. The number of amides is 1. The molecule has 1 heterocycles. The third-order valence-electron chi connectivity index (χ3n) is 3.19. The van der Waals surface area contributed by atoms with Gasteiger partial charge in [-0.15, -0.1) is 0 Å². The van der Waals surface area contributed by atoms with Crippen LogP contribution in [0.15, 0.2) is 11.4 Å². The molecule has 0 unspecified atom stereocenters. The number of hydrogen-bond acceptors (Lipinski definition) is 3. The topological polar surface area (TPSA) is 72.3 Å². The number of carbonyl (C=O) groups is 1. The van der Waals surface area contributed by atoms with Gasteiger partial charge in [0, 0.05) is 12.6 Å². The first-order valence-electron chi connectivity index (χ1n) is 5.23. The number of carbonyl (C=O) groups excluding carboxylic acids is 1. The van der Waals surface area contributed by atoms with Crippen molar-refractivity contribution in [1.29, 1.82) is 0 Å². The SMILES string of the molecule is NCC1=C(N)N(C2CCCC2)C(=O)C1. The van der Waals surface area contributed by atoms with Gasteiger partial charge >= 0.3 is 0 Å². The van der Waals surface area contributed by atoms with Crippen molar-refractivity contribution in [2.24, 2.45) is 11.5 Å². The minimum Gasteiger partial charge on any atom is -0.385 e. The Hall–Kier alpha value is -1.03. The predicted molar refractivity (Wildman–Crippen MR) is 54.0 cm³/mol. The zero-order valence-corrected chi connectivity index (χ0v) is 8.33. The average Bonchev–Trinajstić information content (AvgIpc) is 2.74. The molecule has 4 heteroatoms. The van der Waals surface area contributed by atoms with Crippen molar-refractivity contribution in [2.75, 3.05) is 6.54 Å². The minimum atomic E-state index is 0.134. The van der Waals surface area contributed by atoms with Crippen molar-refractivity contribution in [3.8, 4) is 0 Å². The molecule has 2 rings (SSSR count). The van der Waals surface area contributed by atoms with Crippen molar-refractivity contribution < 1.29 is 4.79 Å².